The van der Waals surface area contributed by atoms with Gasteiger partial charge in [-0.25, -0.2) is 9.59 Å². The Kier molecular flexibility index (Phi) is 6.28. The molecule has 8 heteroatoms. The third-order valence-electron chi connectivity index (χ3n) is 2.76. The summed E-state index contributed by atoms with van der Waals surface area (Å²) in [6, 6.07) is 8.25. The first kappa shape index (κ1) is 16.6. The van der Waals surface area contributed by atoms with Crippen LogP contribution in [0.3, 0.4) is 0 Å². The van der Waals surface area contributed by atoms with Gasteiger partial charge in [0.05, 0.1) is 13.0 Å². The molecule has 1 aromatic rings. The molecule has 0 aromatic heterocycles. The predicted molar refractivity (Wildman–Crippen MR) is 70.4 cm³/mol. The van der Waals surface area contributed by atoms with Crippen LogP contribution < -0.4 is 0 Å². The third kappa shape index (κ3) is 5.19. The predicted octanol–water partition coefficient (Wildman–Crippen LogP) is 0.690. The van der Waals surface area contributed by atoms with Gasteiger partial charge in [-0.3, -0.25) is 10.1 Å². The van der Waals surface area contributed by atoms with Crippen LogP contribution in [0.1, 0.15) is 11.5 Å². The summed E-state index contributed by atoms with van der Waals surface area (Å²) in [6.45, 7) is -1.33. The summed E-state index contributed by atoms with van der Waals surface area (Å²) < 4.78 is 9.54. The maximum Gasteiger partial charge on any atom is 0.335 e. The number of esters is 1. The SMILES string of the molecule is COC(=O)C(OCC(=O)O)C(C[N+](=O)[O-])c1ccccc1. The number of aliphatic carboxylic acids is 1. The summed E-state index contributed by atoms with van der Waals surface area (Å²) in [5, 5.41) is 19.5. The van der Waals surface area contributed by atoms with E-state index >= 15 is 0 Å². The summed E-state index contributed by atoms with van der Waals surface area (Å²) in [5.74, 6) is -3.07. The number of rotatable bonds is 8. The molecule has 8 nitrogen and oxygen atoms in total. The van der Waals surface area contributed by atoms with Gasteiger partial charge in [0.15, 0.2) is 6.10 Å². The molecule has 2 atom stereocenters. The Morgan fingerprint density at radius 3 is 2.43 bits per heavy atom. The van der Waals surface area contributed by atoms with Crippen LogP contribution in [-0.2, 0) is 19.1 Å². The lowest BCUT2D eigenvalue weighted by Gasteiger charge is -2.22. The third-order valence-corrected chi connectivity index (χ3v) is 2.76. The van der Waals surface area contributed by atoms with Gasteiger partial charge >= 0.3 is 11.9 Å². The Morgan fingerprint density at radius 2 is 1.95 bits per heavy atom. The van der Waals surface area contributed by atoms with Crippen molar-refractivity contribution in [1.29, 1.82) is 0 Å². The van der Waals surface area contributed by atoms with E-state index in [-0.39, 0.29) is 0 Å². The van der Waals surface area contributed by atoms with Crippen molar-refractivity contribution in [3.63, 3.8) is 0 Å². The fourth-order valence-corrected chi connectivity index (χ4v) is 1.86. The molecule has 0 bridgehead atoms. The normalized spacial score (nSPS) is 13.2. The molecule has 1 rings (SSSR count). The number of hydrogen-bond acceptors (Lipinski definition) is 6. The van der Waals surface area contributed by atoms with Gasteiger partial charge in [0.1, 0.15) is 6.61 Å². The molecule has 0 spiro atoms. The van der Waals surface area contributed by atoms with Crippen LogP contribution in [0.2, 0.25) is 0 Å². The largest absolute Gasteiger partial charge is 0.480 e. The minimum absolute atomic E-state index is 0.495. The summed E-state index contributed by atoms with van der Waals surface area (Å²) in [6.07, 6.45) is -1.36. The fourth-order valence-electron chi connectivity index (χ4n) is 1.86. The molecule has 0 radical (unpaired) electrons. The van der Waals surface area contributed by atoms with E-state index in [1.807, 2.05) is 0 Å². The van der Waals surface area contributed by atoms with E-state index in [4.69, 9.17) is 9.84 Å². The monoisotopic (exact) mass is 297 g/mol. The number of nitro groups is 1. The molecule has 1 aromatic carbocycles. The van der Waals surface area contributed by atoms with Crippen molar-refractivity contribution in [3.8, 4) is 0 Å². The number of carbonyl (C=O) groups excluding carboxylic acids is 1. The Balaban J connectivity index is 3.07. The van der Waals surface area contributed by atoms with E-state index in [2.05, 4.69) is 4.74 Å². The molecule has 0 heterocycles. The molecule has 0 saturated heterocycles. The van der Waals surface area contributed by atoms with Gasteiger partial charge in [-0.05, 0) is 5.56 Å². The minimum Gasteiger partial charge on any atom is -0.480 e. The number of carbonyl (C=O) groups is 2. The van der Waals surface area contributed by atoms with Gasteiger partial charge in [0.2, 0.25) is 6.54 Å². The Labute approximate surface area is 120 Å². The molecule has 0 aliphatic rings. The first-order valence-corrected chi connectivity index (χ1v) is 6.03. The standard InChI is InChI=1S/C13H15NO7/c1-20-13(17)12(21-8-11(15)16)10(7-14(18)19)9-5-3-2-4-6-9/h2-6,10,12H,7-8H2,1H3,(H,15,16). The first-order valence-electron chi connectivity index (χ1n) is 6.03. The zero-order valence-electron chi connectivity index (χ0n) is 11.3. The second-order valence-corrected chi connectivity index (χ2v) is 4.18. The van der Waals surface area contributed by atoms with Crippen LogP contribution in [0.15, 0.2) is 30.3 Å². The average Bonchev–Trinajstić information content (AvgIpc) is 2.46. The molecule has 21 heavy (non-hydrogen) atoms. The quantitative estimate of drug-likeness (QED) is 0.426. The lowest BCUT2D eigenvalue weighted by atomic mass is 9.93. The number of benzene rings is 1. The molecule has 0 aliphatic carbocycles. The molecule has 1 N–H and O–H groups in total. The second kappa shape index (κ2) is 7.95. The molecular formula is C13H15NO7. The fraction of sp³-hybridized carbons (Fsp3) is 0.385. The summed E-state index contributed by atoms with van der Waals surface area (Å²) in [7, 11) is 1.10. The van der Waals surface area contributed by atoms with Crippen LogP contribution >= 0.6 is 0 Å². The van der Waals surface area contributed by atoms with E-state index in [0.29, 0.717) is 5.56 Å². The smallest absolute Gasteiger partial charge is 0.335 e. The van der Waals surface area contributed by atoms with Gasteiger partial charge in [0, 0.05) is 4.92 Å². The number of hydrogen-bond donors (Lipinski definition) is 1. The molecule has 0 fully saturated rings. The van der Waals surface area contributed by atoms with Crippen LogP contribution in [0, 0.1) is 10.1 Å². The molecule has 0 saturated carbocycles. The van der Waals surface area contributed by atoms with E-state index < -0.39 is 42.0 Å². The van der Waals surface area contributed by atoms with Gasteiger partial charge in [-0.2, -0.15) is 0 Å². The van der Waals surface area contributed by atoms with Crippen LogP contribution in [0.4, 0.5) is 0 Å². The van der Waals surface area contributed by atoms with Gasteiger partial charge in [-0.1, -0.05) is 30.3 Å². The zero-order valence-corrected chi connectivity index (χ0v) is 11.3. The van der Waals surface area contributed by atoms with E-state index in [9.17, 15) is 19.7 Å². The van der Waals surface area contributed by atoms with Gasteiger partial charge < -0.3 is 14.6 Å². The van der Waals surface area contributed by atoms with Crippen LogP contribution in [-0.4, -0.2) is 48.3 Å². The first-order chi connectivity index (χ1) is 9.95. The van der Waals surface area contributed by atoms with Crippen molar-refractivity contribution in [3.05, 3.63) is 46.0 Å². The van der Waals surface area contributed by atoms with Gasteiger partial charge in [-0.15, -0.1) is 0 Å². The highest BCUT2D eigenvalue weighted by molar-refractivity contribution is 5.77. The highest BCUT2D eigenvalue weighted by Crippen LogP contribution is 2.23. The summed E-state index contributed by atoms with van der Waals surface area (Å²) in [5.41, 5.74) is 0.495. The van der Waals surface area contributed by atoms with Crippen LogP contribution in [0.5, 0.6) is 0 Å². The average molecular weight is 297 g/mol. The topological polar surface area (TPSA) is 116 Å². The van der Waals surface area contributed by atoms with Crippen molar-refractivity contribution in [2.75, 3.05) is 20.3 Å². The minimum atomic E-state index is -1.36. The number of ether oxygens (including phenoxy) is 2. The molecule has 114 valence electrons. The van der Waals surface area contributed by atoms with Crippen molar-refractivity contribution in [2.24, 2.45) is 0 Å². The lowest BCUT2D eigenvalue weighted by Crippen LogP contribution is -2.37. The maximum absolute atomic E-state index is 11.8. The van der Waals surface area contributed by atoms with Crippen molar-refractivity contribution in [1.82, 2.24) is 0 Å². The van der Waals surface area contributed by atoms with Crippen molar-refractivity contribution < 1.29 is 29.1 Å². The molecule has 0 amide bonds. The van der Waals surface area contributed by atoms with E-state index in [1.165, 1.54) is 0 Å². The highest BCUT2D eigenvalue weighted by Gasteiger charge is 2.35. The summed E-state index contributed by atoms with van der Waals surface area (Å²) >= 11 is 0. The summed E-state index contributed by atoms with van der Waals surface area (Å²) in [4.78, 5) is 32.6. The Morgan fingerprint density at radius 1 is 1.33 bits per heavy atom. The maximum atomic E-state index is 11.8. The highest BCUT2D eigenvalue weighted by atomic mass is 16.6. The zero-order chi connectivity index (χ0) is 15.8. The number of carboxylic acid groups (broad SMARTS) is 1. The molecule has 2 unspecified atom stereocenters. The van der Waals surface area contributed by atoms with Crippen LogP contribution in [0.25, 0.3) is 0 Å². The van der Waals surface area contributed by atoms with Gasteiger partial charge in [0.25, 0.3) is 0 Å². The van der Waals surface area contributed by atoms with E-state index in [1.54, 1.807) is 30.3 Å². The second-order valence-electron chi connectivity index (χ2n) is 4.18. The number of carboxylic acids is 1. The Bertz CT molecular complexity index is 503. The number of methoxy groups -OCH3 is 1. The van der Waals surface area contributed by atoms with Crippen molar-refractivity contribution in [2.45, 2.75) is 12.0 Å². The number of nitrogens with zero attached hydrogens (tertiary/aromatic N) is 1. The Hall–Kier alpha value is -2.48. The molecule has 0 aliphatic heterocycles. The molecular weight excluding hydrogens is 282 g/mol. The van der Waals surface area contributed by atoms with E-state index in [0.717, 1.165) is 7.11 Å². The lowest BCUT2D eigenvalue weighted by molar-refractivity contribution is -0.485. The van der Waals surface area contributed by atoms with Crippen molar-refractivity contribution >= 4 is 11.9 Å².